The van der Waals surface area contributed by atoms with Gasteiger partial charge in [0, 0.05) is 11.8 Å². The highest BCUT2D eigenvalue weighted by Crippen LogP contribution is 2.28. The summed E-state index contributed by atoms with van der Waals surface area (Å²) in [5.74, 6) is 0.335. The van der Waals surface area contributed by atoms with Gasteiger partial charge >= 0.3 is 0 Å². The second-order valence-corrected chi connectivity index (χ2v) is 4.88. The quantitative estimate of drug-likeness (QED) is 0.803. The van der Waals surface area contributed by atoms with Gasteiger partial charge in [-0.2, -0.15) is 0 Å². The molecule has 0 radical (unpaired) electrons. The third-order valence-electron chi connectivity index (χ3n) is 3.54. The summed E-state index contributed by atoms with van der Waals surface area (Å²) in [7, 11) is 0. The first-order valence-corrected chi connectivity index (χ1v) is 6.46. The molecule has 0 saturated carbocycles. The van der Waals surface area contributed by atoms with E-state index in [1.165, 1.54) is 5.56 Å². The molecule has 1 heterocycles. The van der Waals surface area contributed by atoms with Gasteiger partial charge in [0.05, 0.1) is 13.2 Å². The molecule has 3 atom stereocenters. The van der Waals surface area contributed by atoms with Crippen LogP contribution in [0.5, 0.6) is 0 Å². The van der Waals surface area contributed by atoms with Gasteiger partial charge in [0.25, 0.3) is 0 Å². The Bertz CT molecular complexity index is 388. The molecule has 1 aromatic rings. The maximum Gasteiger partial charge on any atom is 0.160 e. The van der Waals surface area contributed by atoms with Gasteiger partial charge in [-0.05, 0) is 18.9 Å². The minimum atomic E-state index is -0.234. The predicted molar refractivity (Wildman–Crippen MR) is 69.2 cm³/mol. The second-order valence-electron chi connectivity index (χ2n) is 4.88. The molecule has 2 rings (SSSR count). The molecule has 98 valence electrons. The van der Waals surface area contributed by atoms with E-state index in [0.29, 0.717) is 13.2 Å². The van der Waals surface area contributed by atoms with Crippen LogP contribution in [0.4, 0.5) is 0 Å². The maximum atomic E-state index is 11.4. The Labute approximate surface area is 108 Å². The van der Waals surface area contributed by atoms with Crippen LogP contribution in [0.1, 0.15) is 19.4 Å². The summed E-state index contributed by atoms with van der Waals surface area (Å²) in [6.07, 6.45) is 0.639. The highest BCUT2D eigenvalue weighted by Gasteiger charge is 2.37. The van der Waals surface area contributed by atoms with Crippen molar-refractivity contribution in [1.29, 1.82) is 0 Å². The van der Waals surface area contributed by atoms with E-state index >= 15 is 0 Å². The number of hydrogen-bond acceptors (Lipinski definition) is 3. The van der Waals surface area contributed by atoms with Crippen LogP contribution in [0, 0.1) is 11.8 Å². The molecule has 0 amide bonds. The van der Waals surface area contributed by atoms with E-state index in [2.05, 4.69) is 12.1 Å². The van der Waals surface area contributed by atoms with Gasteiger partial charge in [0.15, 0.2) is 6.29 Å². The summed E-state index contributed by atoms with van der Waals surface area (Å²) in [6, 6.07) is 10.2. The molecular weight excluding hydrogens is 228 g/mol. The first-order chi connectivity index (χ1) is 8.68. The Hall–Kier alpha value is -1.19. The van der Waals surface area contributed by atoms with Crippen LogP contribution in [0.2, 0.25) is 0 Å². The molecule has 1 fully saturated rings. The van der Waals surface area contributed by atoms with Crippen LogP contribution < -0.4 is 0 Å². The van der Waals surface area contributed by atoms with Crippen molar-refractivity contribution in [3.63, 3.8) is 0 Å². The van der Waals surface area contributed by atoms with Crippen LogP contribution in [-0.2, 0) is 20.7 Å². The first kappa shape index (κ1) is 13.2. The van der Waals surface area contributed by atoms with E-state index in [-0.39, 0.29) is 23.9 Å². The summed E-state index contributed by atoms with van der Waals surface area (Å²) in [6.45, 7) is 4.76. The Morgan fingerprint density at radius 2 is 2.11 bits per heavy atom. The summed E-state index contributed by atoms with van der Waals surface area (Å²) in [5.41, 5.74) is 1.26. The first-order valence-electron chi connectivity index (χ1n) is 6.46. The van der Waals surface area contributed by atoms with Crippen molar-refractivity contribution in [3.8, 4) is 0 Å². The minimum absolute atomic E-state index is 0.00766. The van der Waals surface area contributed by atoms with Gasteiger partial charge in [-0.1, -0.05) is 37.3 Å². The molecule has 0 aromatic heterocycles. The molecule has 1 saturated heterocycles. The van der Waals surface area contributed by atoms with E-state index < -0.39 is 0 Å². The van der Waals surface area contributed by atoms with E-state index in [1.54, 1.807) is 6.92 Å². The Morgan fingerprint density at radius 3 is 2.72 bits per heavy atom. The minimum Gasteiger partial charge on any atom is -0.352 e. The zero-order chi connectivity index (χ0) is 13.0. The summed E-state index contributed by atoms with van der Waals surface area (Å²) >= 11 is 0. The molecule has 0 spiro atoms. The van der Waals surface area contributed by atoms with Crippen LogP contribution in [0.3, 0.4) is 0 Å². The summed E-state index contributed by atoms with van der Waals surface area (Å²) < 4.78 is 11.3. The zero-order valence-corrected chi connectivity index (χ0v) is 11.0. The van der Waals surface area contributed by atoms with E-state index in [1.807, 2.05) is 25.1 Å². The second kappa shape index (κ2) is 6.12. The van der Waals surface area contributed by atoms with Crippen molar-refractivity contribution in [1.82, 2.24) is 0 Å². The standard InChI is InChI=1S/C15H20O3/c1-11-14(12(2)16)10-18-15(11)17-9-8-13-6-4-3-5-7-13/h3-7,11,14-15H,8-10H2,1-2H3. The van der Waals surface area contributed by atoms with E-state index in [4.69, 9.17) is 9.47 Å². The molecule has 1 aliphatic rings. The molecule has 0 N–H and O–H groups in total. The number of rotatable bonds is 5. The smallest absolute Gasteiger partial charge is 0.160 e. The van der Waals surface area contributed by atoms with Gasteiger partial charge in [-0.15, -0.1) is 0 Å². The summed E-state index contributed by atoms with van der Waals surface area (Å²) in [5, 5.41) is 0. The predicted octanol–water partition coefficient (Wildman–Crippen LogP) is 2.44. The monoisotopic (exact) mass is 248 g/mol. The topological polar surface area (TPSA) is 35.5 Å². The van der Waals surface area contributed by atoms with Crippen molar-refractivity contribution in [2.24, 2.45) is 11.8 Å². The number of Topliss-reactive ketones (excluding diaryl/α,β-unsaturated/α-hetero) is 1. The third-order valence-corrected chi connectivity index (χ3v) is 3.54. The highest BCUT2D eigenvalue weighted by atomic mass is 16.7. The Balaban J connectivity index is 1.76. The van der Waals surface area contributed by atoms with E-state index in [0.717, 1.165) is 6.42 Å². The van der Waals surface area contributed by atoms with Crippen molar-refractivity contribution in [3.05, 3.63) is 35.9 Å². The van der Waals surface area contributed by atoms with Gasteiger partial charge in [0.2, 0.25) is 0 Å². The fourth-order valence-electron chi connectivity index (χ4n) is 2.32. The van der Waals surface area contributed by atoms with Crippen molar-refractivity contribution in [2.45, 2.75) is 26.6 Å². The lowest BCUT2D eigenvalue weighted by atomic mass is 9.93. The number of carbonyl (C=O) groups excluding carboxylic acids is 1. The van der Waals surface area contributed by atoms with Crippen LogP contribution >= 0.6 is 0 Å². The van der Waals surface area contributed by atoms with Crippen LogP contribution in [-0.4, -0.2) is 25.3 Å². The van der Waals surface area contributed by atoms with Gasteiger partial charge < -0.3 is 9.47 Å². The molecule has 18 heavy (non-hydrogen) atoms. The fourth-order valence-corrected chi connectivity index (χ4v) is 2.32. The van der Waals surface area contributed by atoms with Crippen LogP contribution in [0.25, 0.3) is 0 Å². The average Bonchev–Trinajstić information content (AvgIpc) is 2.73. The van der Waals surface area contributed by atoms with Crippen molar-refractivity contribution in [2.75, 3.05) is 13.2 Å². The maximum absolute atomic E-state index is 11.4. The molecule has 3 unspecified atom stereocenters. The molecular formula is C15H20O3. The molecule has 3 nitrogen and oxygen atoms in total. The fraction of sp³-hybridized carbons (Fsp3) is 0.533. The zero-order valence-electron chi connectivity index (χ0n) is 11.0. The van der Waals surface area contributed by atoms with Crippen molar-refractivity contribution >= 4 is 5.78 Å². The van der Waals surface area contributed by atoms with Gasteiger partial charge in [0.1, 0.15) is 5.78 Å². The average molecular weight is 248 g/mol. The molecule has 1 aromatic carbocycles. The SMILES string of the molecule is CC(=O)C1COC(OCCc2ccccc2)C1C. The van der Waals surface area contributed by atoms with E-state index in [9.17, 15) is 4.79 Å². The lowest BCUT2D eigenvalue weighted by Gasteiger charge is -2.17. The number of ether oxygens (including phenoxy) is 2. The molecule has 1 aliphatic heterocycles. The number of ketones is 1. The van der Waals surface area contributed by atoms with Gasteiger partial charge in [-0.3, -0.25) is 4.79 Å². The molecule has 0 aliphatic carbocycles. The number of benzene rings is 1. The largest absolute Gasteiger partial charge is 0.352 e. The molecule has 0 bridgehead atoms. The van der Waals surface area contributed by atoms with Gasteiger partial charge in [-0.25, -0.2) is 0 Å². The number of hydrogen-bond donors (Lipinski definition) is 0. The Morgan fingerprint density at radius 1 is 1.39 bits per heavy atom. The summed E-state index contributed by atoms with van der Waals surface area (Å²) in [4.78, 5) is 11.4. The van der Waals surface area contributed by atoms with Crippen LogP contribution in [0.15, 0.2) is 30.3 Å². The van der Waals surface area contributed by atoms with Crippen molar-refractivity contribution < 1.29 is 14.3 Å². The Kier molecular flexibility index (Phi) is 4.50. The third kappa shape index (κ3) is 3.18. The lowest BCUT2D eigenvalue weighted by Crippen LogP contribution is -2.24. The normalized spacial score (nSPS) is 27.3. The lowest BCUT2D eigenvalue weighted by molar-refractivity contribution is -0.128. The highest BCUT2D eigenvalue weighted by molar-refractivity contribution is 5.79. The molecule has 3 heteroatoms. The number of carbonyl (C=O) groups is 1.